The van der Waals surface area contributed by atoms with Crippen LogP contribution < -0.4 is 9.97 Å². The van der Waals surface area contributed by atoms with Gasteiger partial charge in [-0.15, -0.1) is 22.1 Å². The molecule has 59 heavy (non-hydrogen) atoms. The van der Waals surface area contributed by atoms with Crippen LogP contribution in [0.2, 0.25) is 0 Å². The fourth-order valence-corrected chi connectivity index (χ4v) is 7.75. The third kappa shape index (κ3) is 11.6. The van der Waals surface area contributed by atoms with Gasteiger partial charge in [0, 0.05) is 18.4 Å². The fraction of sp³-hybridized carbons (Fsp3) is 0.388. The molecule has 8 bridgehead atoms. The van der Waals surface area contributed by atoms with Crippen LogP contribution >= 0.6 is 0 Å². The summed E-state index contributed by atoms with van der Waals surface area (Å²) >= 11 is 0. The molecule has 0 fully saturated rings. The summed E-state index contributed by atoms with van der Waals surface area (Å²) in [6.45, 7) is 20.5. The number of aliphatic carboxylic acids is 2. The molecule has 0 radical (unpaired) electrons. The summed E-state index contributed by atoms with van der Waals surface area (Å²) < 4.78 is 0. The van der Waals surface area contributed by atoms with E-state index in [4.69, 9.17) is 19.9 Å². The summed E-state index contributed by atoms with van der Waals surface area (Å²) in [5.74, 6) is -1.83. The van der Waals surface area contributed by atoms with Gasteiger partial charge in [0.15, 0.2) is 0 Å². The van der Waals surface area contributed by atoms with Crippen molar-refractivity contribution in [1.29, 1.82) is 0 Å². The van der Waals surface area contributed by atoms with Gasteiger partial charge in [0.05, 0.1) is 28.9 Å². The molecule has 10 heteroatoms. The molecule has 2 aliphatic rings. The number of nitrogens with zero attached hydrogens (tertiary/aromatic N) is 4. The van der Waals surface area contributed by atoms with Crippen LogP contribution in [0.1, 0.15) is 144 Å². The molecule has 0 saturated heterocycles. The van der Waals surface area contributed by atoms with E-state index in [-0.39, 0.29) is 42.8 Å². The molecule has 5 rings (SSSR count). The predicted octanol–water partition coefficient (Wildman–Crippen LogP) is 11.1. The monoisotopic (exact) mass is 838 g/mol. The van der Waals surface area contributed by atoms with Crippen LogP contribution in [-0.4, -0.2) is 43.3 Å². The van der Waals surface area contributed by atoms with E-state index in [1.165, 1.54) is 16.7 Å². The average Bonchev–Trinajstić information content (AvgIpc) is 3.82. The standard InChI is InChI=1S/C49H60N4O5.Fe/c1-10-35-31(6)40-26-45-49(46(54)19-13-18-30(5)17-12-16-29(4)15-11-14-28(2)3)34(9)41(53-45)24-38-32(7)36(20-22-47(55)56)43(51-38)27-44-37(21-23-48(57)58)33(8)39(52-44)25-42(35)50-40;/h10,14,16,18,24-27,46,54H,1,11-13,15,17,19-23H2,2-9H3,(H4,50,51,52,53,55,56,57,58);/q;+2/p-2/b29-16-,30-18-,38-24?,39-25?,40-26?,41-24?,42-25?,43-27?,44-27?,45-26?;/t46-;/m0./s1. The zero-order chi connectivity index (χ0) is 42.3. The van der Waals surface area contributed by atoms with Gasteiger partial charge in [-0.3, -0.25) is 9.59 Å². The number of carbonyl (C=O) groups is 2. The van der Waals surface area contributed by atoms with Gasteiger partial charge in [0.1, 0.15) is 0 Å². The second kappa shape index (κ2) is 20.8. The van der Waals surface area contributed by atoms with E-state index in [1.54, 1.807) is 6.08 Å². The Labute approximate surface area is 359 Å². The summed E-state index contributed by atoms with van der Waals surface area (Å²) in [4.78, 5) is 43.6. The smallest absolute Gasteiger partial charge is 0.657 e. The number of aromatic nitrogens is 4. The Balaban J connectivity index is 0.00000769. The van der Waals surface area contributed by atoms with Crippen LogP contribution in [0.3, 0.4) is 0 Å². The van der Waals surface area contributed by atoms with Crippen molar-refractivity contribution < 1.29 is 42.0 Å². The topological polar surface area (TPSA) is 149 Å². The van der Waals surface area contributed by atoms with Gasteiger partial charge in [0.2, 0.25) is 0 Å². The number of hydrogen-bond donors (Lipinski definition) is 3. The van der Waals surface area contributed by atoms with Crippen LogP contribution in [-0.2, 0) is 33.1 Å². The number of aryl methyl sites for hydroxylation is 3. The number of aliphatic hydroxyl groups excluding tert-OH is 1. The van der Waals surface area contributed by atoms with Crippen LogP contribution in [0.25, 0.3) is 50.4 Å². The van der Waals surface area contributed by atoms with Gasteiger partial charge < -0.3 is 25.3 Å². The van der Waals surface area contributed by atoms with E-state index < -0.39 is 18.0 Å². The van der Waals surface area contributed by atoms with E-state index in [9.17, 15) is 24.9 Å². The number of rotatable bonds is 17. The molecule has 5 heterocycles. The molecule has 3 N–H and O–H groups in total. The molecular weight excluding hydrogens is 780 g/mol. The normalized spacial score (nSPS) is 13.7. The molecule has 0 amide bonds. The minimum atomic E-state index is -0.915. The third-order valence-electron chi connectivity index (χ3n) is 11.2. The Bertz CT molecular complexity index is 2430. The first-order valence-corrected chi connectivity index (χ1v) is 20.3. The molecule has 0 saturated carbocycles. The average molecular weight is 839 g/mol. The van der Waals surface area contributed by atoms with Crippen molar-refractivity contribution in [3.8, 4) is 0 Å². The van der Waals surface area contributed by atoms with Crippen molar-refractivity contribution in [2.75, 3.05) is 0 Å². The van der Waals surface area contributed by atoms with Crippen molar-refractivity contribution in [3.63, 3.8) is 0 Å². The second-order valence-corrected chi connectivity index (χ2v) is 15.9. The molecular formula is C49H58FeN4O5. The number of carboxylic acids is 2. The zero-order valence-electron chi connectivity index (χ0n) is 35.8. The van der Waals surface area contributed by atoms with E-state index in [1.807, 2.05) is 52.0 Å². The first kappa shape index (κ1) is 46.7. The summed E-state index contributed by atoms with van der Waals surface area (Å²) in [6, 6.07) is 7.58. The Kier molecular flexibility index (Phi) is 16.4. The van der Waals surface area contributed by atoms with Crippen molar-refractivity contribution in [1.82, 2.24) is 19.9 Å². The van der Waals surface area contributed by atoms with Crippen molar-refractivity contribution >= 4 is 62.4 Å². The molecule has 0 unspecified atom stereocenters. The predicted molar refractivity (Wildman–Crippen MR) is 237 cm³/mol. The van der Waals surface area contributed by atoms with Gasteiger partial charge in [-0.05, 0) is 129 Å². The summed E-state index contributed by atoms with van der Waals surface area (Å²) in [7, 11) is 0. The van der Waals surface area contributed by atoms with Crippen LogP contribution in [0, 0.1) is 13.8 Å². The Hall–Kier alpha value is -5.02. The van der Waals surface area contributed by atoms with Gasteiger partial charge in [-0.1, -0.05) is 88.6 Å². The van der Waals surface area contributed by atoms with Crippen LogP contribution in [0.4, 0.5) is 0 Å². The maximum Gasteiger partial charge on any atom is 2.00 e. The molecule has 3 aromatic rings. The van der Waals surface area contributed by atoms with Gasteiger partial charge in [-0.25, -0.2) is 9.97 Å². The Morgan fingerprint density at radius 2 is 1.20 bits per heavy atom. The van der Waals surface area contributed by atoms with Gasteiger partial charge in [0.25, 0.3) is 0 Å². The number of carboxylic acid groups (broad SMARTS) is 2. The van der Waals surface area contributed by atoms with E-state index in [2.05, 4.69) is 52.5 Å². The van der Waals surface area contributed by atoms with Crippen molar-refractivity contribution in [3.05, 3.63) is 111 Å². The molecule has 1 atom stereocenters. The van der Waals surface area contributed by atoms with Gasteiger partial charge >= 0.3 is 29.0 Å². The number of hydrogen-bond acceptors (Lipinski definition) is 5. The number of aliphatic hydroxyl groups is 1. The minimum Gasteiger partial charge on any atom is -0.657 e. The quantitative estimate of drug-likeness (QED) is 0.0892. The van der Waals surface area contributed by atoms with Gasteiger partial charge in [-0.2, -0.15) is 0 Å². The van der Waals surface area contributed by atoms with Crippen LogP contribution in [0.15, 0.2) is 65.8 Å². The Morgan fingerprint density at radius 3 is 1.85 bits per heavy atom. The first-order chi connectivity index (χ1) is 27.6. The Morgan fingerprint density at radius 1 is 0.678 bits per heavy atom. The number of allylic oxidation sites excluding steroid dienone is 9. The van der Waals surface area contributed by atoms with E-state index in [0.29, 0.717) is 57.7 Å². The third-order valence-corrected chi connectivity index (χ3v) is 11.2. The van der Waals surface area contributed by atoms with Crippen LogP contribution in [0.5, 0.6) is 0 Å². The summed E-state index contributed by atoms with van der Waals surface area (Å²) in [6.07, 6.45) is 13.6. The maximum atomic E-state index is 11.9. The molecule has 0 spiro atoms. The number of fused-ring (bicyclic) bond motifs is 8. The molecule has 0 aliphatic carbocycles. The second-order valence-electron chi connectivity index (χ2n) is 15.9. The summed E-state index contributed by atoms with van der Waals surface area (Å²) in [5, 5.41) is 31.1. The largest absolute Gasteiger partial charge is 2.00 e. The molecule has 9 nitrogen and oxygen atoms in total. The van der Waals surface area contributed by atoms with E-state index in [0.717, 1.165) is 70.2 Å². The van der Waals surface area contributed by atoms with E-state index >= 15 is 0 Å². The zero-order valence-corrected chi connectivity index (χ0v) is 36.9. The first-order valence-electron chi connectivity index (χ1n) is 20.3. The minimum absolute atomic E-state index is 0. The molecule has 3 aromatic heterocycles. The van der Waals surface area contributed by atoms with Crippen molar-refractivity contribution in [2.45, 2.75) is 126 Å². The SMILES string of the molecule is C=Cc1c(C)c2cc3nc(cc4[n-]c(cc5nc(cc1[n-]2)C(C)=C5CCC(=O)O)c(CCC(=O)O)c4C)C(C)=C3[C@@H](O)CC/C=C(/C)CC/C=C(/C)CCC=C(C)C.[Fe+2]. The molecule has 312 valence electrons. The maximum absolute atomic E-state index is 11.9. The fourth-order valence-electron chi connectivity index (χ4n) is 7.75. The summed E-state index contributed by atoms with van der Waals surface area (Å²) in [5.41, 5.74) is 15.8. The van der Waals surface area contributed by atoms with Crippen molar-refractivity contribution in [2.24, 2.45) is 0 Å². The molecule has 2 aliphatic heterocycles. The molecule has 0 aromatic carbocycles.